The molecule has 1 radical (unpaired) electrons. The number of amides is 1. The lowest BCUT2D eigenvalue weighted by Gasteiger charge is -1.87. The molecule has 13 heavy (non-hydrogen) atoms. The van der Waals surface area contributed by atoms with Crippen LogP contribution < -0.4 is 5.32 Å². The number of hydrogen-bond acceptors (Lipinski definition) is 1. The molecule has 1 unspecified atom stereocenters. The van der Waals surface area contributed by atoms with E-state index >= 15 is 0 Å². The van der Waals surface area contributed by atoms with Crippen molar-refractivity contribution >= 4 is 16.0 Å². The van der Waals surface area contributed by atoms with Gasteiger partial charge in [0, 0.05) is 6.54 Å². The van der Waals surface area contributed by atoms with E-state index in [4.69, 9.17) is 5.11 Å². The highest BCUT2D eigenvalue weighted by molar-refractivity contribution is 6.92. The van der Waals surface area contributed by atoms with Crippen LogP contribution in [0.15, 0.2) is 0 Å². The first kappa shape index (κ1) is 18.4. The topological polar surface area (TPSA) is 69.2 Å². The van der Waals surface area contributed by atoms with E-state index in [1.165, 1.54) is 0 Å². The van der Waals surface area contributed by atoms with E-state index in [-0.39, 0.29) is 16.5 Å². The summed E-state index contributed by atoms with van der Waals surface area (Å²) >= 11 is 0. The molecule has 0 aliphatic carbocycles. The molecule has 0 spiro atoms. The lowest BCUT2D eigenvalue weighted by atomic mass is 10.3. The summed E-state index contributed by atoms with van der Waals surface area (Å²) < 4.78 is 0. The largest absolute Gasteiger partial charge is 0.465 e. The second-order valence-electron chi connectivity index (χ2n) is 2.25. The smallest absolute Gasteiger partial charge is 0.404 e. The third-order valence-corrected chi connectivity index (χ3v) is 1.08. The molecular weight excluding hydrogens is 189 g/mol. The van der Waals surface area contributed by atoms with Crippen molar-refractivity contribution in [2.24, 2.45) is 0 Å². The molecule has 0 rings (SSSR count). The first-order valence-electron chi connectivity index (χ1n) is 4.23. The minimum absolute atomic E-state index is 0. The summed E-state index contributed by atoms with van der Waals surface area (Å²) in [6, 6.07) is 0. The van der Waals surface area contributed by atoms with Gasteiger partial charge in [0.1, 0.15) is 0 Å². The maximum atomic E-state index is 9.69. The molecule has 81 valence electrons. The number of carboxylic acid groups (broad SMARTS) is 1. The number of rotatable bonds is 4. The average molecular weight is 210 g/mol. The summed E-state index contributed by atoms with van der Waals surface area (Å²) in [5, 5.41) is 19.6. The van der Waals surface area contributed by atoms with Gasteiger partial charge in [0.25, 0.3) is 0 Å². The minimum Gasteiger partial charge on any atom is -0.465 e. The first-order chi connectivity index (χ1) is 5.68. The number of unbranched alkanes of at least 4 members (excludes halogenated alkanes) is 2. The second-order valence-corrected chi connectivity index (χ2v) is 2.25. The molecule has 5 heteroatoms. The number of nitrogens with one attached hydrogen (secondary N) is 1. The summed E-state index contributed by atoms with van der Waals surface area (Å²) in [4.78, 5) is 9.49. The zero-order valence-electron chi connectivity index (χ0n) is 8.51. The quantitative estimate of drug-likeness (QED) is 0.550. The number of carbonyl (C=O) groups is 1. The van der Waals surface area contributed by atoms with E-state index in [0.717, 1.165) is 19.3 Å². The summed E-state index contributed by atoms with van der Waals surface area (Å²) in [6.45, 7) is 4.41. The Bertz CT molecular complexity index is 97.4. The zero-order valence-corrected chi connectivity index (χ0v) is 9.92. The normalized spacial score (nSPS) is 7.62. The minimum atomic E-state index is -0.961. The van der Waals surface area contributed by atoms with Crippen LogP contribution in [0.4, 0.5) is 4.79 Å². The summed E-state index contributed by atoms with van der Waals surface area (Å²) in [5.74, 6) is 0. The SMILES string of the molecule is CCCCC[O].CCNC(=O)O.P. The Morgan fingerprint density at radius 1 is 1.31 bits per heavy atom. The third kappa shape index (κ3) is 34.0. The standard InChI is InChI=1S/C5H11O.C3H7NO2.H3P/c1-2-3-4-5-6;1-2-4-3(5)6;/h2-5H2,1H3;4H,2H2,1H3,(H,5,6);1H3. The molecule has 1 amide bonds. The van der Waals surface area contributed by atoms with Gasteiger partial charge < -0.3 is 10.4 Å². The van der Waals surface area contributed by atoms with Crippen molar-refractivity contribution < 1.29 is 15.0 Å². The van der Waals surface area contributed by atoms with Crippen molar-refractivity contribution in [1.29, 1.82) is 0 Å². The van der Waals surface area contributed by atoms with Gasteiger partial charge in [-0.2, -0.15) is 9.90 Å². The predicted molar refractivity (Wildman–Crippen MR) is 57.9 cm³/mol. The van der Waals surface area contributed by atoms with Gasteiger partial charge in [0.05, 0.1) is 6.61 Å². The highest BCUT2D eigenvalue weighted by atomic mass is 31.0. The molecule has 2 N–H and O–H groups in total. The Kier molecular flexibility index (Phi) is 25.1. The third-order valence-electron chi connectivity index (χ3n) is 1.08. The molecule has 0 aromatic carbocycles. The van der Waals surface area contributed by atoms with Crippen LogP contribution in [0, 0.1) is 0 Å². The van der Waals surface area contributed by atoms with Crippen LogP contribution in [0.25, 0.3) is 0 Å². The highest BCUT2D eigenvalue weighted by Crippen LogP contribution is 1.89. The van der Waals surface area contributed by atoms with Gasteiger partial charge in [-0.1, -0.05) is 19.8 Å². The molecule has 0 saturated carbocycles. The van der Waals surface area contributed by atoms with Crippen LogP contribution in [0.3, 0.4) is 0 Å². The lowest BCUT2D eigenvalue weighted by molar-refractivity contribution is 0.186. The number of hydrogen-bond donors (Lipinski definition) is 2. The molecule has 4 nitrogen and oxygen atoms in total. The van der Waals surface area contributed by atoms with Gasteiger partial charge in [-0.25, -0.2) is 9.90 Å². The molecule has 0 aliphatic heterocycles. The Labute approximate surface area is 83.4 Å². The van der Waals surface area contributed by atoms with Crippen LogP contribution in [0.1, 0.15) is 33.1 Å². The lowest BCUT2D eigenvalue weighted by Crippen LogP contribution is -2.19. The second kappa shape index (κ2) is 17.7. The Balaban J connectivity index is -0.000000143. The molecule has 0 aliphatic rings. The Morgan fingerprint density at radius 2 is 1.85 bits per heavy atom. The van der Waals surface area contributed by atoms with E-state index in [1.54, 1.807) is 6.92 Å². The van der Waals surface area contributed by atoms with E-state index in [2.05, 4.69) is 12.2 Å². The monoisotopic (exact) mass is 210 g/mol. The van der Waals surface area contributed by atoms with Gasteiger partial charge in [0.15, 0.2) is 0 Å². The highest BCUT2D eigenvalue weighted by Gasteiger charge is 1.83. The summed E-state index contributed by atoms with van der Waals surface area (Å²) in [7, 11) is 0. The van der Waals surface area contributed by atoms with Crippen LogP contribution >= 0.6 is 9.90 Å². The van der Waals surface area contributed by atoms with Gasteiger partial charge in [-0.15, -0.1) is 0 Å². The zero-order chi connectivity index (χ0) is 9.82. The van der Waals surface area contributed by atoms with Gasteiger partial charge in [-0.05, 0) is 13.3 Å². The molecule has 0 saturated heterocycles. The van der Waals surface area contributed by atoms with Crippen molar-refractivity contribution in [3.63, 3.8) is 0 Å². The fraction of sp³-hybridized carbons (Fsp3) is 0.875. The fourth-order valence-electron chi connectivity index (χ4n) is 0.503. The molecule has 0 aromatic heterocycles. The van der Waals surface area contributed by atoms with Gasteiger partial charge in [0.2, 0.25) is 0 Å². The first-order valence-corrected chi connectivity index (χ1v) is 4.23. The van der Waals surface area contributed by atoms with Gasteiger partial charge in [-0.3, -0.25) is 0 Å². The van der Waals surface area contributed by atoms with Crippen molar-refractivity contribution in [3.8, 4) is 0 Å². The summed E-state index contributed by atoms with van der Waals surface area (Å²) in [5.41, 5.74) is 0. The van der Waals surface area contributed by atoms with Crippen molar-refractivity contribution in [1.82, 2.24) is 5.32 Å². The maximum Gasteiger partial charge on any atom is 0.404 e. The Hall–Kier alpha value is -0.340. The fourth-order valence-corrected chi connectivity index (χ4v) is 0.503. The van der Waals surface area contributed by atoms with E-state index in [0.29, 0.717) is 6.54 Å². The maximum absolute atomic E-state index is 9.69. The van der Waals surface area contributed by atoms with E-state index in [1.807, 2.05) is 0 Å². The van der Waals surface area contributed by atoms with Crippen molar-refractivity contribution in [2.75, 3.05) is 13.2 Å². The molecule has 0 aromatic rings. The van der Waals surface area contributed by atoms with Crippen LogP contribution in [0.2, 0.25) is 0 Å². The molecular formula is C8H21NO3P. The average Bonchev–Trinajstić information content (AvgIpc) is 2.02. The van der Waals surface area contributed by atoms with Crippen LogP contribution in [-0.2, 0) is 5.11 Å². The summed E-state index contributed by atoms with van der Waals surface area (Å²) in [6.07, 6.45) is 2.15. The van der Waals surface area contributed by atoms with Crippen molar-refractivity contribution in [3.05, 3.63) is 0 Å². The van der Waals surface area contributed by atoms with Crippen LogP contribution in [-0.4, -0.2) is 24.4 Å². The Morgan fingerprint density at radius 3 is 1.92 bits per heavy atom. The molecule has 1 atom stereocenters. The molecule has 0 fully saturated rings. The van der Waals surface area contributed by atoms with E-state index in [9.17, 15) is 9.90 Å². The van der Waals surface area contributed by atoms with Crippen LogP contribution in [0.5, 0.6) is 0 Å². The van der Waals surface area contributed by atoms with E-state index < -0.39 is 6.09 Å². The predicted octanol–water partition coefficient (Wildman–Crippen LogP) is 1.94. The molecule has 0 heterocycles. The molecule has 0 bridgehead atoms. The van der Waals surface area contributed by atoms with Crippen molar-refractivity contribution in [2.45, 2.75) is 33.1 Å². The van der Waals surface area contributed by atoms with Gasteiger partial charge >= 0.3 is 6.09 Å².